The molecule has 3 heteroatoms. The van der Waals surface area contributed by atoms with Crippen molar-refractivity contribution in [3.8, 4) is 11.5 Å². The van der Waals surface area contributed by atoms with Gasteiger partial charge in [-0.3, -0.25) is 4.79 Å². The van der Waals surface area contributed by atoms with E-state index in [-0.39, 0.29) is 12.4 Å². The molecule has 0 N–H and O–H groups in total. The molecule has 0 bridgehead atoms. The largest absolute Gasteiger partial charge is 0.493 e. The summed E-state index contributed by atoms with van der Waals surface area (Å²) in [7, 11) is 1.57. The number of methoxy groups -OCH3 is 1. The van der Waals surface area contributed by atoms with Gasteiger partial charge in [0.1, 0.15) is 0 Å². The lowest BCUT2D eigenvalue weighted by Crippen LogP contribution is -2.11. The summed E-state index contributed by atoms with van der Waals surface area (Å²) >= 11 is 0. The molecule has 0 heterocycles. The van der Waals surface area contributed by atoms with Crippen molar-refractivity contribution in [2.75, 3.05) is 7.11 Å². The SMILES string of the molecule is CCc1ccc(OC(=O)Cc2ccccc2)c(OC)c1. The van der Waals surface area contributed by atoms with Gasteiger partial charge in [0.2, 0.25) is 0 Å². The molecule has 0 aliphatic heterocycles. The van der Waals surface area contributed by atoms with Crippen LogP contribution in [0.3, 0.4) is 0 Å². The van der Waals surface area contributed by atoms with Crippen molar-refractivity contribution in [2.24, 2.45) is 0 Å². The summed E-state index contributed by atoms with van der Waals surface area (Å²) < 4.78 is 10.6. The van der Waals surface area contributed by atoms with Gasteiger partial charge in [-0.2, -0.15) is 0 Å². The Balaban J connectivity index is 2.07. The maximum absolute atomic E-state index is 11.9. The fraction of sp³-hybridized carbons (Fsp3) is 0.235. The zero-order valence-electron chi connectivity index (χ0n) is 11.8. The Hall–Kier alpha value is -2.29. The summed E-state index contributed by atoms with van der Waals surface area (Å²) in [5.41, 5.74) is 2.08. The van der Waals surface area contributed by atoms with Crippen LogP contribution in [0.25, 0.3) is 0 Å². The summed E-state index contributed by atoms with van der Waals surface area (Å²) in [4.78, 5) is 11.9. The molecule has 0 aliphatic rings. The average Bonchev–Trinajstić information content (AvgIpc) is 2.48. The van der Waals surface area contributed by atoms with Crippen molar-refractivity contribution in [1.29, 1.82) is 0 Å². The maximum atomic E-state index is 11.9. The van der Waals surface area contributed by atoms with Gasteiger partial charge in [0.15, 0.2) is 11.5 Å². The highest BCUT2D eigenvalue weighted by atomic mass is 16.6. The first-order valence-corrected chi connectivity index (χ1v) is 6.64. The number of aryl methyl sites for hydroxylation is 1. The molecule has 0 radical (unpaired) electrons. The van der Waals surface area contributed by atoms with E-state index in [1.807, 2.05) is 42.5 Å². The Morgan fingerprint density at radius 2 is 1.75 bits per heavy atom. The molecule has 0 saturated heterocycles. The molecular weight excluding hydrogens is 252 g/mol. The van der Waals surface area contributed by atoms with E-state index in [2.05, 4.69) is 6.92 Å². The maximum Gasteiger partial charge on any atom is 0.315 e. The minimum atomic E-state index is -0.293. The van der Waals surface area contributed by atoms with Crippen molar-refractivity contribution >= 4 is 5.97 Å². The predicted molar refractivity (Wildman–Crippen MR) is 78.2 cm³/mol. The molecule has 2 aromatic rings. The summed E-state index contributed by atoms with van der Waals surface area (Å²) in [6.45, 7) is 2.07. The first-order chi connectivity index (χ1) is 9.72. The van der Waals surface area contributed by atoms with Crippen LogP contribution < -0.4 is 9.47 Å². The molecule has 0 aliphatic carbocycles. The van der Waals surface area contributed by atoms with Gasteiger partial charge in [-0.25, -0.2) is 0 Å². The molecule has 0 aromatic heterocycles. The number of benzene rings is 2. The molecule has 0 unspecified atom stereocenters. The van der Waals surface area contributed by atoms with E-state index in [0.29, 0.717) is 11.5 Å². The van der Waals surface area contributed by atoms with Gasteiger partial charge in [-0.1, -0.05) is 43.3 Å². The zero-order valence-corrected chi connectivity index (χ0v) is 11.8. The van der Waals surface area contributed by atoms with Gasteiger partial charge in [0.05, 0.1) is 13.5 Å². The third-order valence-corrected chi connectivity index (χ3v) is 3.05. The highest BCUT2D eigenvalue weighted by molar-refractivity contribution is 5.76. The number of esters is 1. The molecule has 20 heavy (non-hydrogen) atoms. The lowest BCUT2D eigenvalue weighted by atomic mass is 10.1. The second-order valence-electron chi connectivity index (χ2n) is 4.48. The standard InChI is InChI=1S/C17H18O3/c1-3-13-9-10-15(16(11-13)19-2)20-17(18)12-14-7-5-4-6-8-14/h4-11H,3,12H2,1-2H3. The highest BCUT2D eigenvalue weighted by Gasteiger charge is 2.11. The Morgan fingerprint density at radius 3 is 2.40 bits per heavy atom. The van der Waals surface area contributed by atoms with Gasteiger partial charge in [0, 0.05) is 0 Å². The summed E-state index contributed by atoms with van der Waals surface area (Å²) in [6.07, 6.45) is 1.16. The molecule has 0 fully saturated rings. The number of ether oxygens (including phenoxy) is 2. The van der Waals surface area contributed by atoms with Gasteiger partial charge in [0.25, 0.3) is 0 Å². The lowest BCUT2D eigenvalue weighted by molar-refractivity contribution is -0.133. The normalized spacial score (nSPS) is 10.1. The topological polar surface area (TPSA) is 35.5 Å². The molecule has 2 aromatic carbocycles. The number of hydrogen-bond acceptors (Lipinski definition) is 3. The molecule has 2 rings (SSSR count). The summed E-state index contributed by atoms with van der Waals surface area (Å²) in [6, 6.07) is 15.1. The average molecular weight is 270 g/mol. The Labute approximate surface area is 119 Å². The van der Waals surface area contributed by atoms with Crippen LogP contribution in [0.4, 0.5) is 0 Å². The van der Waals surface area contributed by atoms with E-state index in [1.54, 1.807) is 13.2 Å². The number of carbonyl (C=O) groups is 1. The van der Waals surface area contributed by atoms with Crippen molar-refractivity contribution < 1.29 is 14.3 Å². The smallest absolute Gasteiger partial charge is 0.315 e. The van der Waals surface area contributed by atoms with E-state index in [0.717, 1.165) is 17.5 Å². The zero-order chi connectivity index (χ0) is 14.4. The highest BCUT2D eigenvalue weighted by Crippen LogP contribution is 2.28. The van der Waals surface area contributed by atoms with Crippen LogP contribution in [0.15, 0.2) is 48.5 Å². The van der Waals surface area contributed by atoms with Crippen molar-refractivity contribution in [3.05, 3.63) is 59.7 Å². The molecule has 3 nitrogen and oxygen atoms in total. The van der Waals surface area contributed by atoms with Crippen LogP contribution in [0, 0.1) is 0 Å². The minimum absolute atomic E-state index is 0.250. The van der Waals surface area contributed by atoms with Crippen LogP contribution in [-0.4, -0.2) is 13.1 Å². The van der Waals surface area contributed by atoms with Crippen molar-refractivity contribution in [1.82, 2.24) is 0 Å². The molecule has 0 amide bonds. The van der Waals surface area contributed by atoms with Crippen molar-refractivity contribution in [2.45, 2.75) is 19.8 Å². The molecule has 0 spiro atoms. The molecule has 0 atom stereocenters. The molecular formula is C17H18O3. The van der Waals surface area contributed by atoms with E-state index >= 15 is 0 Å². The van der Waals surface area contributed by atoms with E-state index in [4.69, 9.17) is 9.47 Å². The second kappa shape index (κ2) is 6.75. The van der Waals surface area contributed by atoms with E-state index in [1.165, 1.54) is 0 Å². The quantitative estimate of drug-likeness (QED) is 0.617. The summed E-state index contributed by atoms with van der Waals surface area (Å²) in [5, 5.41) is 0. The fourth-order valence-electron chi connectivity index (χ4n) is 1.94. The van der Waals surface area contributed by atoms with Gasteiger partial charge < -0.3 is 9.47 Å². The molecule has 104 valence electrons. The van der Waals surface area contributed by atoms with Crippen LogP contribution in [0.1, 0.15) is 18.1 Å². The second-order valence-corrected chi connectivity index (χ2v) is 4.48. The number of carbonyl (C=O) groups excluding carboxylic acids is 1. The number of rotatable bonds is 5. The summed E-state index contributed by atoms with van der Waals surface area (Å²) in [5.74, 6) is 0.759. The number of hydrogen-bond donors (Lipinski definition) is 0. The monoisotopic (exact) mass is 270 g/mol. The molecule has 0 saturated carbocycles. The van der Waals surface area contributed by atoms with Crippen LogP contribution in [0.5, 0.6) is 11.5 Å². The lowest BCUT2D eigenvalue weighted by Gasteiger charge is -2.10. The van der Waals surface area contributed by atoms with Crippen LogP contribution in [-0.2, 0) is 17.6 Å². The van der Waals surface area contributed by atoms with Crippen LogP contribution in [0.2, 0.25) is 0 Å². The van der Waals surface area contributed by atoms with E-state index < -0.39 is 0 Å². The third kappa shape index (κ3) is 3.60. The predicted octanol–water partition coefficient (Wildman–Crippen LogP) is 3.41. The first-order valence-electron chi connectivity index (χ1n) is 6.64. The fourth-order valence-corrected chi connectivity index (χ4v) is 1.94. The van der Waals surface area contributed by atoms with Gasteiger partial charge in [-0.15, -0.1) is 0 Å². The first kappa shape index (κ1) is 14.1. The van der Waals surface area contributed by atoms with Gasteiger partial charge in [-0.05, 0) is 29.7 Å². The third-order valence-electron chi connectivity index (χ3n) is 3.05. The minimum Gasteiger partial charge on any atom is -0.493 e. The van der Waals surface area contributed by atoms with Crippen LogP contribution >= 0.6 is 0 Å². The van der Waals surface area contributed by atoms with Crippen molar-refractivity contribution in [3.63, 3.8) is 0 Å². The van der Waals surface area contributed by atoms with Gasteiger partial charge >= 0.3 is 5.97 Å². The Morgan fingerprint density at radius 1 is 1.00 bits per heavy atom. The Kier molecular flexibility index (Phi) is 4.77. The Bertz CT molecular complexity index is 576. The van der Waals surface area contributed by atoms with E-state index in [9.17, 15) is 4.79 Å².